The number of amides is 2. The van der Waals surface area contributed by atoms with E-state index in [1.54, 1.807) is 16.9 Å². The van der Waals surface area contributed by atoms with Crippen LogP contribution in [0.15, 0.2) is 24.3 Å². The Bertz CT molecular complexity index is 628. The molecule has 3 rings (SSSR count). The lowest BCUT2D eigenvalue weighted by Gasteiger charge is -2.40. The van der Waals surface area contributed by atoms with Crippen molar-refractivity contribution in [2.45, 2.75) is 19.5 Å². The molecule has 0 bridgehead atoms. The number of rotatable bonds is 6. The van der Waals surface area contributed by atoms with E-state index in [2.05, 4.69) is 4.90 Å². The standard InChI is InChI=1S/C19H27N3O4/c1-15-19(24)21(13-16-3-5-17(25-2)6-4-16)14-18(23)22(15)8-7-20-9-11-26-12-10-20/h3-6,15H,7-14H2,1-2H3/t15-/m0/s1. The topological polar surface area (TPSA) is 62.3 Å². The number of benzene rings is 1. The molecule has 1 atom stereocenters. The Morgan fingerprint density at radius 2 is 1.81 bits per heavy atom. The second-order valence-corrected chi connectivity index (χ2v) is 6.76. The van der Waals surface area contributed by atoms with Crippen molar-refractivity contribution in [3.05, 3.63) is 29.8 Å². The molecule has 0 aromatic heterocycles. The van der Waals surface area contributed by atoms with Gasteiger partial charge in [-0.1, -0.05) is 12.1 Å². The first kappa shape index (κ1) is 18.7. The molecule has 1 aromatic carbocycles. The molecular formula is C19H27N3O4. The molecule has 7 nitrogen and oxygen atoms in total. The molecular weight excluding hydrogens is 334 g/mol. The van der Waals surface area contributed by atoms with Gasteiger partial charge in [0.2, 0.25) is 11.8 Å². The summed E-state index contributed by atoms with van der Waals surface area (Å²) >= 11 is 0. The quantitative estimate of drug-likeness (QED) is 0.742. The fraction of sp³-hybridized carbons (Fsp3) is 0.579. The summed E-state index contributed by atoms with van der Waals surface area (Å²) in [6, 6.07) is 7.15. The summed E-state index contributed by atoms with van der Waals surface area (Å²) < 4.78 is 10.5. The number of morpholine rings is 1. The molecule has 2 aliphatic heterocycles. The molecule has 0 radical (unpaired) electrons. The van der Waals surface area contributed by atoms with Crippen molar-refractivity contribution in [1.82, 2.24) is 14.7 Å². The second kappa shape index (κ2) is 8.51. The van der Waals surface area contributed by atoms with Crippen molar-refractivity contribution in [2.75, 3.05) is 53.0 Å². The van der Waals surface area contributed by atoms with Crippen LogP contribution in [0.1, 0.15) is 12.5 Å². The highest BCUT2D eigenvalue weighted by Gasteiger charge is 2.36. The third kappa shape index (κ3) is 4.34. The van der Waals surface area contributed by atoms with Crippen molar-refractivity contribution < 1.29 is 19.1 Å². The third-order valence-electron chi connectivity index (χ3n) is 5.08. The Labute approximate surface area is 154 Å². The van der Waals surface area contributed by atoms with Crippen LogP contribution >= 0.6 is 0 Å². The number of nitrogens with zero attached hydrogens (tertiary/aromatic N) is 3. The minimum atomic E-state index is -0.421. The monoisotopic (exact) mass is 361 g/mol. The van der Waals surface area contributed by atoms with Crippen LogP contribution in [-0.4, -0.2) is 85.6 Å². The van der Waals surface area contributed by atoms with Gasteiger partial charge in [-0.2, -0.15) is 0 Å². The SMILES string of the molecule is COc1ccc(CN2CC(=O)N(CCN3CCOCC3)[C@@H](C)C2=O)cc1. The van der Waals surface area contributed by atoms with Gasteiger partial charge in [0, 0.05) is 32.7 Å². The predicted molar refractivity (Wildman–Crippen MR) is 96.8 cm³/mol. The van der Waals surface area contributed by atoms with Crippen LogP contribution in [-0.2, 0) is 20.9 Å². The van der Waals surface area contributed by atoms with E-state index in [9.17, 15) is 9.59 Å². The number of methoxy groups -OCH3 is 1. The second-order valence-electron chi connectivity index (χ2n) is 6.76. The van der Waals surface area contributed by atoms with Gasteiger partial charge >= 0.3 is 0 Å². The summed E-state index contributed by atoms with van der Waals surface area (Å²) in [6.45, 7) is 7.00. The van der Waals surface area contributed by atoms with Gasteiger partial charge in [-0.05, 0) is 24.6 Å². The summed E-state index contributed by atoms with van der Waals surface area (Å²) in [5.74, 6) is 0.790. The first-order valence-corrected chi connectivity index (χ1v) is 9.10. The molecule has 0 aliphatic carbocycles. The average molecular weight is 361 g/mol. The number of ether oxygens (including phenoxy) is 2. The minimum absolute atomic E-state index is 0.00222. The molecule has 26 heavy (non-hydrogen) atoms. The summed E-state index contributed by atoms with van der Waals surface area (Å²) in [7, 11) is 1.62. The zero-order chi connectivity index (χ0) is 18.5. The highest BCUT2D eigenvalue weighted by Crippen LogP contribution is 2.18. The van der Waals surface area contributed by atoms with Gasteiger partial charge < -0.3 is 19.3 Å². The Hall–Kier alpha value is -2.12. The number of hydrogen-bond acceptors (Lipinski definition) is 5. The third-order valence-corrected chi connectivity index (χ3v) is 5.08. The first-order chi connectivity index (χ1) is 12.6. The van der Waals surface area contributed by atoms with E-state index in [1.807, 2.05) is 31.2 Å². The maximum Gasteiger partial charge on any atom is 0.245 e. The number of hydrogen-bond donors (Lipinski definition) is 0. The lowest BCUT2D eigenvalue weighted by atomic mass is 10.1. The van der Waals surface area contributed by atoms with Crippen molar-refractivity contribution in [3.63, 3.8) is 0 Å². The van der Waals surface area contributed by atoms with Crippen molar-refractivity contribution >= 4 is 11.8 Å². The summed E-state index contributed by atoms with van der Waals surface area (Å²) in [6.07, 6.45) is 0. The minimum Gasteiger partial charge on any atom is -0.497 e. The first-order valence-electron chi connectivity index (χ1n) is 9.10. The average Bonchev–Trinajstić information content (AvgIpc) is 2.67. The lowest BCUT2D eigenvalue weighted by molar-refractivity contribution is -0.155. The van der Waals surface area contributed by atoms with E-state index < -0.39 is 6.04 Å². The highest BCUT2D eigenvalue weighted by atomic mass is 16.5. The van der Waals surface area contributed by atoms with Crippen LogP contribution in [0.5, 0.6) is 5.75 Å². The molecule has 1 aromatic rings. The fourth-order valence-electron chi connectivity index (χ4n) is 3.42. The number of piperazine rings is 1. The van der Waals surface area contributed by atoms with Gasteiger partial charge in [0.1, 0.15) is 18.3 Å². The van der Waals surface area contributed by atoms with E-state index in [1.165, 1.54) is 0 Å². The van der Waals surface area contributed by atoms with E-state index in [-0.39, 0.29) is 18.4 Å². The van der Waals surface area contributed by atoms with Crippen LogP contribution in [0.4, 0.5) is 0 Å². The van der Waals surface area contributed by atoms with E-state index >= 15 is 0 Å². The maximum atomic E-state index is 12.7. The molecule has 2 fully saturated rings. The smallest absolute Gasteiger partial charge is 0.245 e. The van der Waals surface area contributed by atoms with Crippen molar-refractivity contribution in [3.8, 4) is 5.75 Å². The van der Waals surface area contributed by atoms with Gasteiger partial charge in [-0.15, -0.1) is 0 Å². The molecule has 0 N–H and O–H groups in total. The molecule has 0 spiro atoms. The summed E-state index contributed by atoms with van der Waals surface area (Å²) in [5.41, 5.74) is 0.987. The summed E-state index contributed by atoms with van der Waals surface area (Å²) in [5, 5.41) is 0. The van der Waals surface area contributed by atoms with E-state index in [0.29, 0.717) is 13.1 Å². The molecule has 2 aliphatic rings. The normalized spacial score (nSPS) is 22.0. The summed E-state index contributed by atoms with van der Waals surface area (Å²) in [4.78, 5) is 31.0. The lowest BCUT2D eigenvalue weighted by Crippen LogP contribution is -2.59. The van der Waals surface area contributed by atoms with Crippen molar-refractivity contribution in [1.29, 1.82) is 0 Å². The van der Waals surface area contributed by atoms with Crippen LogP contribution in [0.3, 0.4) is 0 Å². The van der Waals surface area contributed by atoms with Gasteiger partial charge in [-0.3, -0.25) is 14.5 Å². The highest BCUT2D eigenvalue weighted by molar-refractivity contribution is 5.94. The Balaban J connectivity index is 1.57. The Kier molecular flexibility index (Phi) is 6.11. The zero-order valence-corrected chi connectivity index (χ0v) is 15.5. The van der Waals surface area contributed by atoms with Crippen LogP contribution < -0.4 is 4.74 Å². The Morgan fingerprint density at radius 1 is 1.12 bits per heavy atom. The van der Waals surface area contributed by atoms with Crippen LogP contribution in [0.2, 0.25) is 0 Å². The van der Waals surface area contributed by atoms with Gasteiger partial charge in [0.15, 0.2) is 0 Å². The van der Waals surface area contributed by atoms with Crippen LogP contribution in [0.25, 0.3) is 0 Å². The number of carbonyl (C=O) groups is 2. The number of carbonyl (C=O) groups excluding carboxylic acids is 2. The maximum absolute atomic E-state index is 12.7. The molecule has 142 valence electrons. The Morgan fingerprint density at radius 3 is 2.46 bits per heavy atom. The molecule has 2 saturated heterocycles. The largest absolute Gasteiger partial charge is 0.497 e. The van der Waals surface area contributed by atoms with Gasteiger partial charge in [-0.25, -0.2) is 0 Å². The van der Waals surface area contributed by atoms with Crippen LogP contribution in [0, 0.1) is 0 Å². The predicted octanol–water partition coefficient (Wildman–Crippen LogP) is 0.587. The molecule has 2 amide bonds. The molecule has 0 unspecified atom stereocenters. The van der Waals surface area contributed by atoms with Gasteiger partial charge in [0.05, 0.1) is 20.3 Å². The molecule has 0 saturated carbocycles. The fourth-order valence-corrected chi connectivity index (χ4v) is 3.42. The molecule has 7 heteroatoms. The van der Waals surface area contributed by atoms with Crippen molar-refractivity contribution in [2.24, 2.45) is 0 Å². The van der Waals surface area contributed by atoms with Gasteiger partial charge in [0.25, 0.3) is 0 Å². The van der Waals surface area contributed by atoms with E-state index in [0.717, 1.165) is 44.2 Å². The van der Waals surface area contributed by atoms with E-state index in [4.69, 9.17) is 9.47 Å². The zero-order valence-electron chi connectivity index (χ0n) is 15.5. The molecule has 2 heterocycles.